The number of carbonyl (C=O) groups is 1. The van der Waals surface area contributed by atoms with E-state index >= 15 is 0 Å². The highest BCUT2D eigenvalue weighted by molar-refractivity contribution is 5.85. The molecule has 1 aromatic heterocycles. The Bertz CT molecular complexity index is 788. The third-order valence-electron chi connectivity index (χ3n) is 5.18. The van der Waals surface area contributed by atoms with Crippen molar-refractivity contribution in [2.45, 2.75) is 31.8 Å². The second-order valence-corrected chi connectivity index (χ2v) is 7.29. The fourth-order valence-electron chi connectivity index (χ4n) is 3.62. The van der Waals surface area contributed by atoms with E-state index in [4.69, 9.17) is 9.26 Å². The molecule has 8 nitrogen and oxygen atoms in total. The van der Waals surface area contributed by atoms with Gasteiger partial charge in [0.1, 0.15) is 0 Å². The van der Waals surface area contributed by atoms with Gasteiger partial charge in [0.15, 0.2) is 0 Å². The Hall–Kier alpha value is -2.00. The van der Waals surface area contributed by atoms with Gasteiger partial charge >= 0.3 is 0 Å². The molecule has 2 aromatic rings. The summed E-state index contributed by atoms with van der Waals surface area (Å²) in [5.74, 6) is 1.17. The van der Waals surface area contributed by atoms with Crippen molar-refractivity contribution in [2.24, 2.45) is 0 Å². The largest absolute Gasteiger partial charge is 0.379 e. The number of rotatable bonds is 7. The molecule has 29 heavy (non-hydrogen) atoms. The molecule has 1 amide bonds. The number of amides is 1. The summed E-state index contributed by atoms with van der Waals surface area (Å²) in [5.41, 5.74) is 2.17. The number of ether oxygens (including phenoxy) is 1. The quantitative estimate of drug-likeness (QED) is 0.698. The number of halogens is 1. The molecule has 3 heterocycles. The van der Waals surface area contributed by atoms with E-state index in [0.29, 0.717) is 24.7 Å². The van der Waals surface area contributed by atoms with E-state index in [1.807, 2.05) is 12.1 Å². The normalized spacial score (nSPS) is 19.7. The highest BCUT2D eigenvalue weighted by Gasteiger charge is 2.21. The Morgan fingerprint density at radius 3 is 2.97 bits per heavy atom. The van der Waals surface area contributed by atoms with E-state index < -0.39 is 0 Å². The third-order valence-corrected chi connectivity index (χ3v) is 5.18. The van der Waals surface area contributed by atoms with Gasteiger partial charge in [0.05, 0.1) is 19.3 Å². The van der Waals surface area contributed by atoms with Crippen molar-refractivity contribution in [3.63, 3.8) is 0 Å². The smallest absolute Gasteiger partial charge is 0.237 e. The molecule has 0 aliphatic carbocycles. The number of aromatic nitrogens is 2. The summed E-state index contributed by atoms with van der Waals surface area (Å²) in [5, 5.41) is 10.2. The molecule has 1 aromatic carbocycles. The van der Waals surface area contributed by atoms with Crippen molar-refractivity contribution < 1.29 is 14.1 Å². The summed E-state index contributed by atoms with van der Waals surface area (Å²) in [6.07, 6.45) is 2.48. The first-order valence-corrected chi connectivity index (χ1v) is 10.0. The van der Waals surface area contributed by atoms with Crippen LogP contribution in [0.1, 0.15) is 24.3 Å². The maximum absolute atomic E-state index is 12.0. The lowest BCUT2D eigenvalue weighted by Gasteiger charge is -2.26. The Labute approximate surface area is 176 Å². The van der Waals surface area contributed by atoms with Crippen LogP contribution in [0, 0.1) is 0 Å². The first-order valence-electron chi connectivity index (χ1n) is 10.0. The third kappa shape index (κ3) is 5.99. The van der Waals surface area contributed by atoms with E-state index in [1.165, 1.54) is 5.56 Å². The zero-order chi connectivity index (χ0) is 19.2. The fraction of sp³-hybridized carbons (Fsp3) is 0.550. The number of hydrogen-bond acceptors (Lipinski definition) is 7. The van der Waals surface area contributed by atoms with E-state index in [-0.39, 0.29) is 24.4 Å². The molecule has 9 heteroatoms. The van der Waals surface area contributed by atoms with Gasteiger partial charge in [0.25, 0.3) is 0 Å². The van der Waals surface area contributed by atoms with Crippen molar-refractivity contribution in [1.29, 1.82) is 0 Å². The van der Waals surface area contributed by atoms with Gasteiger partial charge in [-0.3, -0.25) is 9.69 Å². The average molecular weight is 422 g/mol. The molecule has 0 radical (unpaired) electrons. The molecule has 0 spiro atoms. The number of morpholine rings is 1. The lowest BCUT2D eigenvalue weighted by molar-refractivity contribution is -0.122. The van der Waals surface area contributed by atoms with Crippen molar-refractivity contribution in [2.75, 3.05) is 39.4 Å². The standard InChI is InChI=1S/C20H27N5O3.ClH/c26-20(17-5-2-7-21-17)22-8-6-18-23-19(24-28-18)16-4-1-3-15(13-16)14-25-9-11-27-12-10-25;/h1,3-4,13,17,21H,2,5-12,14H2,(H,22,26);1H. The van der Waals surface area contributed by atoms with Crippen LogP contribution in [-0.4, -0.2) is 66.4 Å². The van der Waals surface area contributed by atoms with Gasteiger partial charge in [0, 0.05) is 38.2 Å². The van der Waals surface area contributed by atoms with Gasteiger partial charge in [-0.05, 0) is 31.0 Å². The minimum atomic E-state index is -0.0625. The predicted molar refractivity (Wildman–Crippen MR) is 111 cm³/mol. The Balaban J connectivity index is 0.00000240. The topological polar surface area (TPSA) is 92.5 Å². The highest BCUT2D eigenvalue weighted by atomic mass is 35.5. The minimum Gasteiger partial charge on any atom is -0.379 e. The first-order chi connectivity index (χ1) is 13.8. The second-order valence-electron chi connectivity index (χ2n) is 7.29. The van der Waals surface area contributed by atoms with Crippen molar-refractivity contribution in [3.8, 4) is 11.4 Å². The zero-order valence-electron chi connectivity index (χ0n) is 16.4. The average Bonchev–Trinajstić information content (AvgIpc) is 3.41. The molecule has 4 rings (SSSR count). The van der Waals surface area contributed by atoms with Crippen molar-refractivity contribution in [1.82, 2.24) is 25.7 Å². The first kappa shape index (κ1) is 21.7. The molecule has 0 saturated carbocycles. The molecule has 2 aliphatic heterocycles. The van der Waals surface area contributed by atoms with Crippen LogP contribution in [0.15, 0.2) is 28.8 Å². The maximum atomic E-state index is 12.0. The lowest BCUT2D eigenvalue weighted by atomic mass is 10.1. The Kier molecular flexibility index (Phi) is 8.00. The van der Waals surface area contributed by atoms with E-state index in [2.05, 4.69) is 37.8 Å². The second kappa shape index (κ2) is 10.7. The molecule has 1 unspecified atom stereocenters. The van der Waals surface area contributed by atoms with Gasteiger partial charge in [-0.25, -0.2) is 0 Å². The maximum Gasteiger partial charge on any atom is 0.237 e. The monoisotopic (exact) mass is 421 g/mol. The van der Waals surface area contributed by atoms with Crippen LogP contribution in [0.3, 0.4) is 0 Å². The molecule has 158 valence electrons. The van der Waals surface area contributed by atoms with Crippen LogP contribution < -0.4 is 10.6 Å². The molecule has 2 saturated heterocycles. The number of hydrogen-bond donors (Lipinski definition) is 2. The molecule has 2 aliphatic rings. The van der Waals surface area contributed by atoms with Gasteiger partial charge < -0.3 is 19.9 Å². The summed E-state index contributed by atoms with van der Waals surface area (Å²) in [6, 6.07) is 8.18. The molecule has 2 N–H and O–H groups in total. The number of nitrogens with one attached hydrogen (secondary N) is 2. The van der Waals surface area contributed by atoms with Crippen LogP contribution in [0.2, 0.25) is 0 Å². The summed E-state index contributed by atoms with van der Waals surface area (Å²) in [4.78, 5) is 18.9. The minimum absolute atomic E-state index is 0. The molecule has 1 atom stereocenters. The number of benzene rings is 1. The van der Waals surface area contributed by atoms with Crippen LogP contribution in [-0.2, 0) is 22.5 Å². The van der Waals surface area contributed by atoms with E-state index in [9.17, 15) is 4.79 Å². The fourth-order valence-corrected chi connectivity index (χ4v) is 3.62. The van der Waals surface area contributed by atoms with Gasteiger partial charge in [-0.15, -0.1) is 12.4 Å². The van der Waals surface area contributed by atoms with Gasteiger partial charge in [0.2, 0.25) is 17.6 Å². The Morgan fingerprint density at radius 2 is 2.17 bits per heavy atom. The number of carbonyl (C=O) groups excluding carboxylic acids is 1. The van der Waals surface area contributed by atoms with Crippen LogP contribution in [0.4, 0.5) is 0 Å². The van der Waals surface area contributed by atoms with Crippen molar-refractivity contribution in [3.05, 3.63) is 35.7 Å². The van der Waals surface area contributed by atoms with Crippen LogP contribution >= 0.6 is 12.4 Å². The summed E-state index contributed by atoms with van der Waals surface area (Å²) in [6.45, 7) is 5.80. The molecular weight excluding hydrogens is 394 g/mol. The van der Waals surface area contributed by atoms with E-state index in [0.717, 1.165) is 57.8 Å². The summed E-state index contributed by atoms with van der Waals surface area (Å²) < 4.78 is 10.8. The van der Waals surface area contributed by atoms with Gasteiger partial charge in [-0.2, -0.15) is 4.98 Å². The number of nitrogens with zero attached hydrogens (tertiary/aromatic N) is 3. The van der Waals surface area contributed by atoms with Crippen LogP contribution in [0.5, 0.6) is 0 Å². The molecule has 2 fully saturated rings. The summed E-state index contributed by atoms with van der Waals surface area (Å²) >= 11 is 0. The Morgan fingerprint density at radius 1 is 1.31 bits per heavy atom. The SMILES string of the molecule is Cl.O=C(NCCc1nc(-c2cccc(CN3CCOCC3)c2)no1)C1CCCN1. The van der Waals surface area contributed by atoms with E-state index in [1.54, 1.807) is 0 Å². The highest BCUT2D eigenvalue weighted by Crippen LogP contribution is 2.19. The molecular formula is C20H28ClN5O3. The summed E-state index contributed by atoms with van der Waals surface area (Å²) in [7, 11) is 0. The lowest BCUT2D eigenvalue weighted by Crippen LogP contribution is -2.41. The zero-order valence-corrected chi connectivity index (χ0v) is 17.2. The predicted octanol–water partition coefficient (Wildman–Crippen LogP) is 1.40. The molecule has 0 bridgehead atoms. The van der Waals surface area contributed by atoms with Gasteiger partial charge in [-0.1, -0.05) is 23.4 Å². The van der Waals surface area contributed by atoms with Crippen molar-refractivity contribution >= 4 is 18.3 Å². The van der Waals surface area contributed by atoms with Crippen LogP contribution in [0.25, 0.3) is 11.4 Å².